The quantitative estimate of drug-likeness (QED) is 0.400. The van der Waals surface area contributed by atoms with Gasteiger partial charge in [0.2, 0.25) is 0 Å². The molecule has 0 amide bonds. The zero-order valence-corrected chi connectivity index (χ0v) is 22.7. The summed E-state index contributed by atoms with van der Waals surface area (Å²) in [7, 11) is -3.37. The summed E-state index contributed by atoms with van der Waals surface area (Å²) in [4.78, 5) is 0. The molecular weight excluding hydrogens is 439 g/mol. The van der Waals surface area contributed by atoms with Gasteiger partial charge in [-0.3, -0.25) is 0 Å². The van der Waals surface area contributed by atoms with E-state index < -0.39 is 7.60 Å². The van der Waals surface area contributed by atoms with Crippen molar-refractivity contribution in [2.24, 2.45) is 0 Å². The smallest absolute Gasteiger partial charge is 0.416 e. The Balaban J connectivity index is 0.00000289. The lowest BCUT2D eigenvalue weighted by molar-refractivity contribution is 0.302. The van der Waals surface area contributed by atoms with Crippen molar-refractivity contribution in [1.82, 2.24) is 0 Å². The van der Waals surface area contributed by atoms with Crippen molar-refractivity contribution < 1.29 is 15.0 Å². The third-order valence-electron chi connectivity index (χ3n) is 8.73. The van der Waals surface area contributed by atoms with E-state index in [1.54, 1.807) is 6.66 Å². The van der Waals surface area contributed by atoms with E-state index >= 15 is 0 Å². The summed E-state index contributed by atoms with van der Waals surface area (Å²) in [6.07, 6.45) is 12.9. The monoisotopic (exact) mass is 482 g/mol. The molecule has 1 aliphatic heterocycles. The molecule has 1 heterocycles. The van der Waals surface area contributed by atoms with Crippen molar-refractivity contribution in [3.05, 3.63) is 57.6 Å². The predicted octanol–water partition coefficient (Wildman–Crippen LogP) is 9.18. The van der Waals surface area contributed by atoms with Crippen LogP contribution in [0.3, 0.4) is 0 Å². The highest BCUT2D eigenvalue weighted by molar-refractivity contribution is 7.53. The maximum Gasteiger partial charge on any atom is 0.427 e. The molecule has 3 nitrogen and oxygen atoms in total. The Kier molecular flexibility index (Phi) is 6.16. The fourth-order valence-corrected chi connectivity index (χ4v) is 7.96. The highest BCUT2D eigenvalue weighted by Crippen LogP contribution is 2.56. The third kappa shape index (κ3) is 4.46. The Bertz CT molecular complexity index is 1060. The van der Waals surface area contributed by atoms with E-state index in [-0.39, 0.29) is 12.3 Å². The van der Waals surface area contributed by atoms with E-state index in [9.17, 15) is 4.57 Å². The molecule has 5 rings (SSSR count). The molecule has 3 aliphatic rings. The first-order valence-corrected chi connectivity index (χ1v) is 15.3. The molecule has 0 aromatic heterocycles. The van der Waals surface area contributed by atoms with Crippen LogP contribution in [0.1, 0.15) is 113 Å². The van der Waals surface area contributed by atoms with Gasteiger partial charge in [0.15, 0.2) is 0 Å². The molecule has 2 aromatic carbocycles. The van der Waals surface area contributed by atoms with Crippen LogP contribution >= 0.6 is 7.60 Å². The Morgan fingerprint density at radius 3 is 1.47 bits per heavy atom. The normalized spacial score (nSPS) is 22.9. The maximum atomic E-state index is 13.9. The average Bonchev–Trinajstić information content (AvgIpc) is 2.77. The minimum Gasteiger partial charge on any atom is -0.416 e. The summed E-state index contributed by atoms with van der Waals surface area (Å²) < 4.78 is 26.8. The number of hydrogen-bond donors (Lipinski definition) is 0. The van der Waals surface area contributed by atoms with Crippen molar-refractivity contribution in [2.45, 2.75) is 109 Å². The van der Waals surface area contributed by atoms with E-state index in [1.807, 2.05) is 0 Å². The van der Waals surface area contributed by atoms with Crippen LogP contribution < -0.4 is 9.05 Å². The van der Waals surface area contributed by atoms with Crippen LogP contribution in [0, 0.1) is 13.8 Å². The predicted molar refractivity (Wildman–Crippen MR) is 143 cm³/mol. The van der Waals surface area contributed by atoms with Crippen LogP contribution in [0.15, 0.2) is 24.3 Å². The van der Waals surface area contributed by atoms with Crippen molar-refractivity contribution in [2.75, 3.05) is 6.66 Å². The molecule has 0 radical (unpaired) electrons. The molecule has 0 bridgehead atoms. The molecule has 2 aromatic rings. The lowest BCUT2D eigenvalue weighted by atomic mass is 9.69. The largest absolute Gasteiger partial charge is 0.427 e. The second kappa shape index (κ2) is 8.74. The number of aryl methyl sites for hydroxylation is 2. The number of hydrogen-bond acceptors (Lipinski definition) is 3. The molecule has 186 valence electrons. The Labute approximate surface area is 207 Å². The van der Waals surface area contributed by atoms with E-state index in [0.29, 0.717) is 0 Å². The first-order chi connectivity index (χ1) is 16.1. The molecule has 0 atom stereocenters. The van der Waals surface area contributed by atoms with Crippen molar-refractivity contribution in [1.29, 1.82) is 0 Å². The van der Waals surface area contributed by atoms with Gasteiger partial charge < -0.3 is 9.05 Å². The summed E-state index contributed by atoms with van der Waals surface area (Å²) in [6, 6.07) is 9.03. The summed E-state index contributed by atoms with van der Waals surface area (Å²) in [5, 5.41) is 0. The highest BCUT2D eigenvalue weighted by atomic mass is 31.2. The average molecular weight is 483 g/mol. The highest BCUT2D eigenvalue weighted by Gasteiger charge is 2.39. The summed E-state index contributed by atoms with van der Waals surface area (Å²) >= 11 is 0. The molecule has 0 saturated heterocycles. The van der Waals surface area contributed by atoms with Gasteiger partial charge in [0.05, 0.1) is 6.66 Å². The van der Waals surface area contributed by atoms with Gasteiger partial charge >= 0.3 is 7.60 Å². The van der Waals surface area contributed by atoms with Crippen molar-refractivity contribution in [3.63, 3.8) is 0 Å². The fourth-order valence-electron chi connectivity index (χ4n) is 6.83. The summed E-state index contributed by atoms with van der Waals surface area (Å²) in [6.45, 7) is 10.8. The van der Waals surface area contributed by atoms with Gasteiger partial charge in [-0.15, -0.1) is 0 Å². The van der Waals surface area contributed by atoms with Crippen LogP contribution in [0.25, 0.3) is 0 Å². The molecule has 0 spiro atoms. The van der Waals surface area contributed by atoms with Gasteiger partial charge in [0.25, 0.3) is 0 Å². The molecule has 0 unspecified atom stereocenters. The zero-order chi connectivity index (χ0) is 24.1. The molecule has 2 saturated carbocycles. The van der Waals surface area contributed by atoms with Gasteiger partial charge in [0, 0.05) is 19.0 Å². The SMILES string of the molecule is Cc1cc2c(c(C3(C)CCCCC3)c1)OP(C)(=O)Oc1c(cc(C)cc1C1(C)CCCCC1)C2.[HH]. The van der Waals surface area contributed by atoms with E-state index in [4.69, 9.17) is 9.05 Å². The fraction of sp³-hybridized carbons (Fsp3) is 0.600. The molecular formula is C30H43O3P. The first kappa shape index (κ1) is 24.0. The Hall–Kier alpha value is -1.73. The van der Waals surface area contributed by atoms with Gasteiger partial charge in [-0.2, -0.15) is 0 Å². The van der Waals surface area contributed by atoms with Gasteiger partial charge in [0.1, 0.15) is 11.5 Å². The van der Waals surface area contributed by atoms with Crippen molar-refractivity contribution >= 4 is 7.60 Å². The van der Waals surface area contributed by atoms with E-state index in [2.05, 4.69) is 52.0 Å². The lowest BCUT2D eigenvalue weighted by Gasteiger charge is -2.39. The molecule has 34 heavy (non-hydrogen) atoms. The number of benzene rings is 2. The van der Waals surface area contributed by atoms with Gasteiger partial charge in [-0.05, 0) is 61.5 Å². The lowest BCUT2D eigenvalue weighted by Crippen LogP contribution is -2.28. The maximum absolute atomic E-state index is 13.9. The topological polar surface area (TPSA) is 35.5 Å². The van der Waals surface area contributed by atoms with Crippen LogP contribution in [0.5, 0.6) is 11.5 Å². The van der Waals surface area contributed by atoms with Crippen LogP contribution in [0.4, 0.5) is 0 Å². The van der Waals surface area contributed by atoms with Crippen LogP contribution in [-0.2, 0) is 21.8 Å². The minimum absolute atomic E-state index is 0. The number of fused-ring (bicyclic) bond motifs is 2. The Morgan fingerprint density at radius 2 is 1.09 bits per heavy atom. The standard InChI is InChI=1S/C30H41O3P.H2/c1-21-16-23-20-24-17-22(2)19-26(30(4)14-10-7-11-15-30)28(24)33-34(5,31)32-27(23)25(18-21)29(3)12-8-6-9-13-29;/h16-19H,6-15,20H2,1-5H3;1H. The van der Waals surface area contributed by atoms with Crippen LogP contribution in [-0.4, -0.2) is 6.66 Å². The van der Waals surface area contributed by atoms with Crippen molar-refractivity contribution in [3.8, 4) is 11.5 Å². The number of rotatable bonds is 2. The molecule has 2 aliphatic carbocycles. The van der Waals surface area contributed by atoms with E-state index in [1.165, 1.54) is 60.8 Å². The molecule has 2 fully saturated rings. The second-order valence-corrected chi connectivity index (χ2v) is 13.9. The molecule has 4 heteroatoms. The van der Waals surface area contributed by atoms with Gasteiger partial charge in [-0.25, -0.2) is 4.57 Å². The Morgan fingerprint density at radius 1 is 0.706 bits per heavy atom. The second-order valence-electron chi connectivity index (χ2n) is 12.0. The van der Waals surface area contributed by atoms with Crippen LogP contribution in [0.2, 0.25) is 0 Å². The van der Waals surface area contributed by atoms with Gasteiger partial charge in [-0.1, -0.05) is 87.8 Å². The minimum atomic E-state index is -3.37. The summed E-state index contributed by atoms with van der Waals surface area (Å²) in [5.41, 5.74) is 7.38. The zero-order valence-electron chi connectivity index (χ0n) is 21.8. The van der Waals surface area contributed by atoms with E-state index in [0.717, 1.165) is 54.7 Å². The third-order valence-corrected chi connectivity index (χ3v) is 9.76. The first-order valence-electron chi connectivity index (χ1n) is 13.3. The summed E-state index contributed by atoms with van der Waals surface area (Å²) in [5.74, 6) is 1.64. The molecule has 0 N–H and O–H groups in total.